The number of hydrogen-bond donors (Lipinski definition) is 2. The number of rotatable bonds is 4. The summed E-state index contributed by atoms with van der Waals surface area (Å²) < 4.78 is 5.92. The second-order valence-electron chi connectivity index (χ2n) is 3.80. The number of ether oxygens (including phenoxy) is 1. The fraction of sp³-hybridized carbons (Fsp3) is 0.250. The SMILES string of the molecule is CCOC(=O)C(c1ccc(Br)cc1)c1n[nH]c(=O)[nH]1. The largest absolute Gasteiger partial charge is 0.465 e. The molecule has 7 heteroatoms. The van der Waals surface area contributed by atoms with Crippen LogP contribution in [-0.2, 0) is 9.53 Å². The van der Waals surface area contributed by atoms with Crippen LogP contribution in [0.5, 0.6) is 0 Å². The second-order valence-corrected chi connectivity index (χ2v) is 4.72. The van der Waals surface area contributed by atoms with E-state index in [4.69, 9.17) is 4.74 Å². The van der Waals surface area contributed by atoms with E-state index in [0.29, 0.717) is 5.56 Å². The molecule has 0 fully saturated rings. The van der Waals surface area contributed by atoms with Gasteiger partial charge in [-0.05, 0) is 24.6 Å². The van der Waals surface area contributed by atoms with Crippen molar-refractivity contribution in [1.82, 2.24) is 15.2 Å². The lowest BCUT2D eigenvalue weighted by atomic mass is 9.99. The zero-order chi connectivity index (χ0) is 13.8. The standard InChI is InChI=1S/C12H12BrN3O3/c1-2-19-11(17)9(10-14-12(18)16-15-10)7-3-5-8(13)6-4-7/h3-6,9H,2H2,1H3,(H2,14,15,16,18). The highest BCUT2D eigenvalue weighted by atomic mass is 79.9. The van der Waals surface area contributed by atoms with Crippen molar-refractivity contribution in [3.63, 3.8) is 0 Å². The Morgan fingerprint density at radius 1 is 1.42 bits per heavy atom. The summed E-state index contributed by atoms with van der Waals surface area (Å²) in [5.74, 6) is -0.953. The Labute approximate surface area is 117 Å². The third kappa shape index (κ3) is 3.11. The second kappa shape index (κ2) is 5.83. The lowest BCUT2D eigenvalue weighted by molar-refractivity contribution is -0.144. The predicted octanol–water partition coefficient (Wildman–Crippen LogP) is 1.56. The first-order chi connectivity index (χ1) is 9.11. The summed E-state index contributed by atoms with van der Waals surface area (Å²) in [6.07, 6.45) is 0. The molecule has 0 saturated carbocycles. The van der Waals surface area contributed by atoms with Crippen molar-refractivity contribution in [2.45, 2.75) is 12.8 Å². The molecule has 2 rings (SSSR count). The molecule has 0 saturated heterocycles. The number of nitrogens with zero attached hydrogens (tertiary/aromatic N) is 1. The first-order valence-electron chi connectivity index (χ1n) is 5.68. The molecule has 0 amide bonds. The molecule has 1 aromatic heterocycles. The average Bonchev–Trinajstić information content (AvgIpc) is 2.79. The van der Waals surface area contributed by atoms with Gasteiger partial charge in [0.15, 0.2) is 0 Å². The van der Waals surface area contributed by atoms with Crippen LogP contribution >= 0.6 is 15.9 Å². The minimum Gasteiger partial charge on any atom is -0.465 e. The third-order valence-corrected chi connectivity index (χ3v) is 3.05. The Hall–Kier alpha value is -1.89. The molecule has 100 valence electrons. The highest BCUT2D eigenvalue weighted by Gasteiger charge is 2.27. The monoisotopic (exact) mass is 325 g/mol. The predicted molar refractivity (Wildman–Crippen MR) is 71.8 cm³/mol. The van der Waals surface area contributed by atoms with Gasteiger partial charge in [0, 0.05) is 4.47 Å². The van der Waals surface area contributed by atoms with Crippen LogP contribution in [-0.4, -0.2) is 27.8 Å². The molecule has 0 aliphatic rings. The normalized spacial score (nSPS) is 12.1. The van der Waals surface area contributed by atoms with Crippen molar-refractivity contribution in [1.29, 1.82) is 0 Å². The van der Waals surface area contributed by atoms with Gasteiger partial charge in [-0.15, -0.1) is 0 Å². The molecule has 2 aromatic rings. The van der Waals surface area contributed by atoms with Crippen LogP contribution in [0, 0.1) is 0 Å². The molecule has 0 radical (unpaired) electrons. The maximum Gasteiger partial charge on any atom is 0.340 e. The average molecular weight is 326 g/mol. The van der Waals surface area contributed by atoms with E-state index in [1.807, 2.05) is 12.1 Å². The van der Waals surface area contributed by atoms with Crippen LogP contribution in [0.4, 0.5) is 0 Å². The van der Waals surface area contributed by atoms with Crippen molar-refractivity contribution in [2.24, 2.45) is 0 Å². The number of esters is 1. The van der Waals surface area contributed by atoms with E-state index in [0.717, 1.165) is 4.47 Å². The van der Waals surface area contributed by atoms with E-state index in [-0.39, 0.29) is 12.4 Å². The molecule has 0 spiro atoms. The van der Waals surface area contributed by atoms with Gasteiger partial charge < -0.3 is 4.74 Å². The molecule has 0 bridgehead atoms. The van der Waals surface area contributed by atoms with Gasteiger partial charge in [-0.2, -0.15) is 5.10 Å². The fourth-order valence-electron chi connectivity index (χ4n) is 1.71. The van der Waals surface area contributed by atoms with Gasteiger partial charge in [0.2, 0.25) is 0 Å². The molecule has 6 nitrogen and oxygen atoms in total. The van der Waals surface area contributed by atoms with Gasteiger partial charge >= 0.3 is 11.7 Å². The number of nitrogens with one attached hydrogen (secondary N) is 2. The Morgan fingerprint density at radius 3 is 2.63 bits per heavy atom. The minimum absolute atomic E-state index is 0.241. The van der Waals surface area contributed by atoms with Gasteiger partial charge in [0.25, 0.3) is 0 Å². The Bertz CT molecular complexity index is 618. The summed E-state index contributed by atoms with van der Waals surface area (Å²) >= 11 is 3.33. The Balaban J connectivity index is 2.42. The quantitative estimate of drug-likeness (QED) is 0.835. The van der Waals surface area contributed by atoms with E-state index in [9.17, 15) is 9.59 Å². The molecule has 2 N–H and O–H groups in total. The van der Waals surface area contributed by atoms with Crippen LogP contribution in [0.25, 0.3) is 0 Å². The van der Waals surface area contributed by atoms with Crippen LogP contribution in [0.2, 0.25) is 0 Å². The van der Waals surface area contributed by atoms with E-state index in [2.05, 4.69) is 31.1 Å². The third-order valence-electron chi connectivity index (χ3n) is 2.52. The van der Waals surface area contributed by atoms with Crippen molar-refractivity contribution >= 4 is 21.9 Å². The number of benzene rings is 1. The molecule has 1 aromatic carbocycles. The molecule has 0 aliphatic heterocycles. The van der Waals surface area contributed by atoms with Crippen molar-refractivity contribution in [3.05, 3.63) is 50.6 Å². The lowest BCUT2D eigenvalue weighted by Crippen LogP contribution is -2.19. The smallest absolute Gasteiger partial charge is 0.340 e. The number of carbonyl (C=O) groups excluding carboxylic acids is 1. The zero-order valence-corrected chi connectivity index (χ0v) is 11.7. The molecule has 0 aliphatic carbocycles. The number of carbonyl (C=O) groups is 1. The van der Waals surface area contributed by atoms with E-state index < -0.39 is 17.6 Å². The lowest BCUT2D eigenvalue weighted by Gasteiger charge is -2.13. The van der Waals surface area contributed by atoms with Gasteiger partial charge in [0.05, 0.1) is 6.61 Å². The Morgan fingerprint density at radius 2 is 2.11 bits per heavy atom. The van der Waals surface area contributed by atoms with Crippen molar-refractivity contribution in [3.8, 4) is 0 Å². The first kappa shape index (κ1) is 13.5. The molecule has 1 unspecified atom stereocenters. The minimum atomic E-state index is -0.744. The zero-order valence-electron chi connectivity index (χ0n) is 10.1. The van der Waals surface area contributed by atoms with Gasteiger partial charge in [-0.1, -0.05) is 28.1 Å². The van der Waals surface area contributed by atoms with Crippen LogP contribution in [0.15, 0.2) is 33.5 Å². The van der Waals surface area contributed by atoms with Crippen LogP contribution < -0.4 is 5.69 Å². The maximum absolute atomic E-state index is 12.0. The first-order valence-corrected chi connectivity index (χ1v) is 6.47. The van der Waals surface area contributed by atoms with Gasteiger partial charge in [-0.25, -0.2) is 9.89 Å². The van der Waals surface area contributed by atoms with Gasteiger partial charge in [-0.3, -0.25) is 9.78 Å². The van der Waals surface area contributed by atoms with E-state index in [1.165, 1.54) is 0 Å². The molecule has 1 atom stereocenters. The molecule has 19 heavy (non-hydrogen) atoms. The maximum atomic E-state index is 12.0. The summed E-state index contributed by atoms with van der Waals surface area (Å²) in [7, 11) is 0. The molecular weight excluding hydrogens is 314 g/mol. The van der Waals surface area contributed by atoms with Crippen LogP contribution in [0.3, 0.4) is 0 Å². The summed E-state index contributed by atoms with van der Waals surface area (Å²) in [5, 5.41) is 6.06. The summed E-state index contributed by atoms with van der Waals surface area (Å²) in [6, 6.07) is 7.18. The molecular formula is C12H12BrN3O3. The number of hydrogen-bond acceptors (Lipinski definition) is 4. The fourth-order valence-corrected chi connectivity index (χ4v) is 1.97. The van der Waals surface area contributed by atoms with Crippen molar-refractivity contribution < 1.29 is 9.53 Å². The Kier molecular flexibility index (Phi) is 4.16. The summed E-state index contributed by atoms with van der Waals surface area (Å²) in [5.41, 5.74) is 0.241. The highest BCUT2D eigenvalue weighted by Crippen LogP contribution is 2.24. The van der Waals surface area contributed by atoms with E-state index in [1.54, 1.807) is 19.1 Å². The van der Waals surface area contributed by atoms with Crippen molar-refractivity contribution in [2.75, 3.05) is 6.61 Å². The molecule has 1 heterocycles. The number of aromatic nitrogens is 3. The topological polar surface area (TPSA) is 87.8 Å². The number of H-pyrrole nitrogens is 2. The van der Waals surface area contributed by atoms with Gasteiger partial charge in [0.1, 0.15) is 11.7 Å². The number of aromatic amines is 2. The highest BCUT2D eigenvalue weighted by molar-refractivity contribution is 9.10. The summed E-state index contributed by atoms with van der Waals surface area (Å²) in [4.78, 5) is 25.6. The summed E-state index contributed by atoms with van der Waals surface area (Å²) in [6.45, 7) is 1.99. The van der Waals surface area contributed by atoms with E-state index >= 15 is 0 Å². The number of halogens is 1. The van der Waals surface area contributed by atoms with Crippen LogP contribution in [0.1, 0.15) is 24.2 Å².